The lowest BCUT2D eigenvalue weighted by Crippen LogP contribution is -2.29. The van der Waals surface area contributed by atoms with Crippen LogP contribution >= 0.6 is 11.6 Å². The molecule has 0 saturated heterocycles. The van der Waals surface area contributed by atoms with E-state index in [1.165, 1.54) is 0 Å². The highest BCUT2D eigenvalue weighted by Gasteiger charge is 2.22. The molecule has 3 rings (SSSR count). The Balaban J connectivity index is 1.67. The average molecular weight is 380 g/mol. The predicted octanol–water partition coefficient (Wildman–Crippen LogP) is 3.39. The first-order valence-corrected chi connectivity index (χ1v) is 9.61. The summed E-state index contributed by atoms with van der Waals surface area (Å²) >= 11 is 6.20. The van der Waals surface area contributed by atoms with E-state index in [4.69, 9.17) is 21.1 Å². The molecule has 1 aliphatic rings. The van der Waals surface area contributed by atoms with Gasteiger partial charge in [0, 0.05) is 22.2 Å². The Morgan fingerprint density at radius 2 is 1.96 bits per heavy atom. The predicted molar refractivity (Wildman–Crippen MR) is 98.8 cm³/mol. The fourth-order valence-electron chi connectivity index (χ4n) is 2.42. The minimum atomic E-state index is -1.40. The molecule has 0 aromatic heterocycles. The molecule has 0 fully saturated rings. The van der Waals surface area contributed by atoms with Gasteiger partial charge in [-0.1, -0.05) is 29.8 Å². The summed E-state index contributed by atoms with van der Waals surface area (Å²) in [6.45, 7) is 2.55. The van der Waals surface area contributed by atoms with Crippen molar-refractivity contribution in [2.24, 2.45) is 0 Å². The van der Waals surface area contributed by atoms with Crippen LogP contribution in [-0.4, -0.2) is 28.6 Å². The number of carbonyl (C=O) groups is 1. The van der Waals surface area contributed by atoms with E-state index < -0.39 is 16.0 Å². The molecule has 2 aromatic rings. The quantitative estimate of drug-likeness (QED) is 0.864. The molecule has 0 spiro atoms. The number of halogens is 1. The van der Waals surface area contributed by atoms with Crippen LogP contribution in [0.1, 0.15) is 12.5 Å². The molecule has 0 radical (unpaired) electrons. The van der Waals surface area contributed by atoms with Gasteiger partial charge in [-0.3, -0.25) is 9.00 Å². The third kappa shape index (κ3) is 4.32. The molecule has 1 amide bonds. The first kappa shape index (κ1) is 17.8. The van der Waals surface area contributed by atoms with Crippen molar-refractivity contribution in [1.82, 2.24) is 0 Å². The SMILES string of the molecule is C[C@@H](C(=O)Nc1ccccc1)[S@](=O)Cc1cc(Cl)c2c(c1)OCCO2. The Kier molecular flexibility index (Phi) is 5.60. The fraction of sp³-hybridized carbons (Fsp3) is 0.278. The maximum absolute atomic E-state index is 12.6. The largest absolute Gasteiger partial charge is 0.486 e. The van der Waals surface area contributed by atoms with E-state index in [-0.39, 0.29) is 11.7 Å². The van der Waals surface area contributed by atoms with Crippen LogP contribution in [0.2, 0.25) is 5.02 Å². The van der Waals surface area contributed by atoms with E-state index >= 15 is 0 Å². The molecular formula is C18H18ClNO4S. The second-order valence-electron chi connectivity index (χ2n) is 5.62. The third-order valence-corrected chi connectivity index (χ3v) is 5.67. The third-order valence-electron chi connectivity index (χ3n) is 3.77. The van der Waals surface area contributed by atoms with Gasteiger partial charge in [0.25, 0.3) is 0 Å². The standard InChI is InChI=1S/C18H18ClNO4S/c1-12(18(21)20-14-5-3-2-4-6-14)25(22)11-13-9-15(19)17-16(10-13)23-7-8-24-17/h2-6,9-10,12H,7-8,11H2,1H3,(H,20,21)/t12-,25+/m0/s1. The molecule has 1 heterocycles. The molecule has 2 atom stereocenters. The van der Waals surface area contributed by atoms with Gasteiger partial charge in [0.2, 0.25) is 5.91 Å². The van der Waals surface area contributed by atoms with Gasteiger partial charge >= 0.3 is 0 Å². The molecule has 1 N–H and O–H groups in total. The fourth-order valence-corrected chi connectivity index (χ4v) is 3.75. The van der Waals surface area contributed by atoms with Crippen LogP contribution < -0.4 is 14.8 Å². The molecule has 132 valence electrons. The van der Waals surface area contributed by atoms with Gasteiger partial charge in [-0.25, -0.2) is 0 Å². The summed E-state index contributed by atoms with van der Waals surface area (Å²) in [5, 5.41) is 2.53. The highest BCUT2D eigenvalue weighted by Crippen LogP contribution is 2.38. The molecular weight excluding hydrogens is 362 g/mol. The van der Waals surface area contributed by atoms with Crippen LogP contribution in [0.25, 0.3) is 0 Å². The molecule has 1 aliphatic heterocycles. The highest BCUT2D eigenvalue weighted by atomic mass is 35.5. The molecule has 0 bridgehead atoms. The lowest BCUT2D eigenvalue weighted by atomic mass is 10.2. The number of anilines is 1. The number of nitrogens with one attached hydrogen (secondary N) is 1. The number of carbonyl (C=O) groups excluding carboxylic acids is 1. The van der Waals surface area contributed by atoms with Crippen molar-refractivity contribution >= 4 is 34.0 Å². The van der Waals surface area contributed by atoms with Gasteiger partial charge in [-0.15, -0.1) is 0 Å². The molecule has 2 aromatic carbocycles. The Morgan fingerprint density at radius 3 is 2.72 bits per heavy atom. The zero-order valence-corrected chi connectivity index (χ0v) is 15.2. The lowest BCUT2D eigenvalue weighted by Gasteiger charge is -2.20. The number of hydrogen-bond donors (Lipinski definition) is 1. The van der Waals surface area contributed by atoms with Crippen molar-refractivity contribution in [3.8, 4) is 11.5 Å². The number of fused-ring (bicyclic) bond motifs is 1. The van der Waals surface area contributed by atoms with Crippen molar-refractivity contribution in [2.45, 2.75) is 17.9 Å². The second-order valence-corrected chi connectivity index (χ2v) is 7.79. The zero-order valence-electron chi connectivity index (χ0n) is 13.7. The normalized spacial score (nSPS) is 15.3. The maximum atomic E-state index is 12.6. The minimum absolute atomic E-state index is 0.208. The lowest BCUT2D eigenvalue weighted by molar-refractivity contribution is -0.115. The van der Waals surface area contributed by atoms with E-state index in [0.29, 0.717) is 35.4 Å². The van der Waals surface area contributed by atoms with E-state index in [2.05, 4.69) is 5.32 Å². The number of amides is 1. The Labute approximate surface area is 153 Å². The van der Waals surface area contributed by atoms with Crippen LogP contribution in [0.4, 0.5) is 5.69 Å². The summed E-state index contributed by atoms with van der Waals surface area (Å²) in [4.78, 5) is 12.3. The monoisotopic (exact) mass is 379 g/mol. The summed E-state index contributed by atoms with van der Waals surface area (Å²) in [5.74, 6) is 0.984. The van der Waals surface area contributed by atoms with E-state index in [0.717, 1.165) is 5.56 Å². The smallest absolute Gasteiger partial charge is 0.239 e. The Hall–Kier alpha value is -2.05. The minimum Gasteiger partial charge on any atom is -0.486 e. The molecule has 25 heavy (non-hydrogen) atoms. The second kappa shape index (κ2) is 7.89. The maximum Gasteiger partial charge on any atom is 0.239 e. The number of benzene rings is 2. The summed E-state index contributed by atoms with van der Waals surface area (Å²) in [5.41, 5.74) is 1.42. The van der Waals surface area contributed by atoms with Crippen molar-refractivity contribution in [2.75, 3.05) is 18.5 Å². The number of ether oxygens (including phenoxy) is 2. The summed E-state index contributed by atoms with van der Waals surface area (Å²) in [7, 11) is -1.40. The van der Waals surface area contributed by atoms with Gasteiger partial charge in [0.15, 0.2) is 11.5 Å². The van der Waals surface area contributed by atoms with Gasteiger partial charge in [0.1, 0.15) is 18.5 Å². The van der Waals surface area contributed by atoms with Crippen LogP contribution in [0.15, 0.2) is 42.5 Å². The first-order chi connectivity index (χ1) is 12.0. The van der Waals surface area contributed by atoms with Crippen molar-refractivity contribution in [1.29, 1.82) is 0 Å². The van der Waals surface area contributed by atoms with Gasteiger partial charge in [0.05, 0.1) is 5.02 Å². The summed E-state index contributed by atoms with van der Waals surface area (Å²) in [6.07, 6.45) is 0. The first-order valence-electron chi connectivity index (χ1n) is 7.85. The van der Waals surface area contributed by atoms with Crippen LogP contribution in [0.5, 0.6) is 11.5 Å². The molecule has 0 unspecified atom stereocenters. The Bertz CT molecular complexity index is 797. The van der Waals surface area contributed by atoms with Crippen LogP contribution in [0, 0.1) is 0 Å². The topological polar surface area (TPSA) is 64.6 Å². The van der Waals surface area contributed by atoms with Gasteiger partial charge in [-0.05, 0) is 36.8 Å². The van der Waals surface area contributed by atoms with Crippen LogP contribution in [0.3, 0.4) is 0 Å². The van der Waals surface area contributed by atoms with E-state index in [9.17, 15) is 9.00 Å². The van der Waals surface area contributed by atoms with Gasteiger partial charge in [-0.2, -0.15) is 0 Å². The number of hydrogen-bond acceptors (Lipinski definition) is 4. The highest BCUT2D eigenvalue weighted by molar-refractivity contribution is 7.85. The molecule has 5 nitrogen and oxygen atoms in total. The molecule has 7 heteroatoms. The number of rotatable bonds is 5. The van der Waals surface area contributed by atoms with Crippen molar-refractivity contribution < 1.29 is 18.5 Å². The van der Waals surface area contributed by atoms with Crippen molar-refractivity contribution in [3.05, 3.63) is 53.1 Å². The van der Waals surface area contributed by atoms with Crippen molar-refractivity contribution in [3.63, 3.8) is 0 Å². The average Bonchev–Trinajstić information content (AvgIpc) is 2.62. The molecule has 0 saturated carbocycles. The molecule has 0 aliphatic carbocycles. The van der Waals surface area contributed by atoms with E-state index in [1.807, 2.05) is 18.2 Å². The zero-order chi connectivity index (χ0) is 17.8. The summed E-state index contributed by atoms with van der Waals surface area (Å²) < 4.78 is 23.6. The summed E-state index contributed by atoms with van der Waals surface area (Å²) in [6, 6.07) is 12.6. The van der Waals surface area contributed by atoms with Gasteiger partial charge < -0.3 is 14.8 Å². The van der Waals surface area contributed by atoms with E-state index in [1.54, 1.807) is 31.2 Å². The van der Waals surface area contributed by atoms with Crippen LogP contribution in [-0.2, 0) is 21.3 Å². The number of para-hydroxylation sites is 1. The Morgan fingerprint density at radius 1 is 1.24 bits per heavy atom.